The van der Waals surface area contributed by atoms with E-state index in [9.17, 15) is 0 Å². The Bertz CT molecular complexity index is 3890. The van der Waals surface area contributed by atoms with E-state index in [1.165, 1.54) is 69.9 Å². The van der Waals surface area contributed by atoms with Crippen molar-refractivity contribution in [2.75, 3.05) is 4.90 Å². The molecule has 0 spiro atoms. The van der Waals surface area contributed by atoms with Gasteiger partial charge in [0.25, 0.3) is 0 Å². The molecule has 0 aliphatic heterocycles. The monoisotopic (exact) mass is 907 g/mol. The maximum Gasteiger partial charge on any atom is 0.143 e. The minimum Gasteiger partial charge on any atom is -0.455 e. The molecule has 0 bridgehead atoms. The number of hydrogen-bond donors (Lipinski definition) is 0. The molecule has 12 aromatic rings. The van der Waals surface area contributed by atoms with Crippen LogP contribution in [-0.2, 0) is 10.8 Å². The van der Waals surface area contributed by atoms with Gasteiger partial charge in [-0.1, -0.05) is 205 Å². The lowest BCUT2D eigenvalue weighted by atomic mass is 9.78. The largest absolute Gasteiger partial charge is 0.455 e. The minimum absolute atomic E-state index is 0.0127. The van der Waals surface area contributed by atoms with Gasteiger partial charge in [0.2, 0.25) is 0 Å². The summed E-state index contributed by atoms with van der Waals surface area (Å²) in [5.41, 5.74) is 17.2. The van der Waals surface area contributed by atoms with Crippen molar-refractivity contribution < 1.29 is 4.42 Å². The lowest BCUT2D eigenvalue weighted by Gasteiger charge is -2.29. The van der Waals surface area contributed by atoms with Crippen molar-refractivity contribution in [2.45, 2.75) is 52.4 Å². The zero-order chi connectivity index (χ0) is 47.0. The smallest absolute Gasteiger partial charge is 0.143 e. The number of anilines is 3. The predicted octanol–water partition coefficient (Wildman–Crippen LogP) is 19.8. The van der Waals surface area contributed by atoms with Crippen LogP contribution in [0.15, 0.2) is 217 Å². The van der Waals surface area contributed by atoms with Crippen LogP contribution in [0.3, 0.4) is 0 Å². The molecule has 0 unspecified atom stereocenters. The summed E-state index contributed by atoms with van der Waals surface area (Å²) in [6, 6.07) is 78.3. The van der Waals surface area contributed by atoms with Crippen molar-refractivity contribution >= 4 is 81.3 Å². The molecule has 334 valence electrons. The van der Waals surface area contributed by atoms with Crippen molar-refractivity contribution in [3.05, 3.63) is 223 Å². The van der Waals surface area contributed by atoms with E-state index in [0.717, 1.165) is 55.7 Å². The van der Waals surface area contributed by atoms with Gasteiger partial charge >= 0.3 is 0 Å². The normalized spacial score (nSPS) is 12.2. The maximum atomic E-state index is 6.54. The molecule has 2 aromatic heterocycles. The van der Waals surface area contributed by atoms with Gasteiger partial charge < -0.3 is 9.32 Å². The summed E-state index contributed by atoms with van der Waals surface area (Å²) in [4.78, 5) is 2.45. The molecule has 0 atom stereocenters. The van der Waals surface area contributed by atoms with Crippen molar-refractivity contribution in [1.82, 2.24) is 0 Å². The Hall–Kier alpha value is -7.72. The first-order valence-corrected chi connectivity index (χ1v) is 24.9. The van der Waals surface area contributed by atoms with Gasteiger partial charge in [0.1, 0.15) is 11.2 Å². The molecule has 12 rings (SSSR count). The summed E-state index contributed by atoms with van der Waals surface area (Å²) in [6.45, 7) is 13.9. The number of nitrogens with zero attached hydrogens (tertiary/aromatic N) is 1. The lowest BCUT2D eigenvalue weighted by molar-refractivity contribution is 0.569. The van der Waals surface area contributed by atoms with Gasteiger partial charge in [0.05, 0.1) is 5.69 Å². The molecule has 0 aliphatic rings. The fourth-order valence-electron chi connectivity index (χ4n) is 10.4. The van der Waals surface area contributed by atoms with Gasteiger partial charge in [-0.25, -0.2) is 0 Å². The van der Waals surface area contributed by atoms with E-state index in [2.05, 4.69) is 253 Å². The molecule has 0 fully saturated rings. The Morgan fingerprint density at radius 1 is 0.377 bits per heavy atom. The Balaban J connectivity index is 1.07. The van der Waals surface area contributed by atoms with Crippen molar-refractivity contribution in [2.24, 2.45) is 0 Å². The van der Waals surface area contributed by atoms with Crippen LogP contribution in [0, 0.1) is 0 Å². The fourth-order valence-corrected chi connectivity index (χ4v) is 11.5. The summed E-state index contributed by atoms with van der Waals surface area (Å²) in [7, 11) is 0. The number of fused-ring (bicyclic) bond motifs is 7. The van der Waals surface area contributed by atoms with Crippen LogP contribution in [-0.4, -0.2) is 0 Å². The van der Waals surface area contributed by atoms with Crippen molar-refractivity contribution in [1.29, 1.82) is 0 Å². The summed E-state index contributed by atoms with van der Waals surface area (Å²) in [5.74, 6) is 0. The highest BCUT2D eigenvalue weighted by Gasteiger charge is 2.24. The molecule has 0 radical (unpaired) electrons. The standard InChI is InChI=1S/C66H53NOS/c1-65(2,3)46-38-45(39-47(41-46)66(4,5)6)51-25-14-18-43-19-15-28-55(62(43)51)53-22-7-10-30-58(53)67(48-36-34-42(35-37-48)52-27-16-29-56-54-23-8-11-31-59(54)68-64(52)56)49-21-13-20-44(40-49)50-26-17-33-61-63(50)57-24-9-12-32-60(57)69-61/h7-41H,1-6H3. The second-order valence-corrected chi connectivity index (χ2v) is 21.6. The van der Waals surface area contributed by atoms with E-state index in [4.69, 9.17) is 4.42 Å². The molecule has 0 N–H and O–H groups in total. The summed E-state index contributed by atoms with van der Waals surface area (Å²) < 4.78 is 9.14. The number of furan rings is 1. The van der Waals surface area contributed by atoms with E-state index in [0.29, 0.717) is 0 Å². The third kappa shape index (κ3) is 7.50. The topological polar surface area (TPSA) is 16.4 Å². The van der Waals surface area contributed by atoms with Gasteiger partial charge in [0, 0.05) is 53.4 Å². The highest BCUT2D eigenvalue weighted by atomic mass is 32.1. The fraction of sp³-hybridized carbons (Fsp3) is 0.121. The lowest BCUT2D eigenvalue weighted by Crippen LogP contribution is -2.16. The van der Waals surface area contributed by atoms with Crippen LogP contribution in [0.2, 0.25) is 0 Å². The van der Waals surface area contributed by atoms with Crippen LogP contribution in [0.1, 0.15) is 52.7 Å². The number of hydrogen-bond acceptors (Lipinski definition) is 3. The first kappa shape index (κ1) is 42.6. The number of rotatable bonds is 7. The van der Waals surface area contributed by atoms with Gasteiger partial charge in [0.15, 0.2) is 0 Å². The molecule has 10 aromatic carbocycles. The second-order valence-electron chi connectivity index (χ2n) is 20.5. The molecular formula is C66H53NOS. The highest BCUT2D eigenvalue weighted by molar-refractivity contribution is 7.25. The van der Waals surface area contributed by atoms with Crippen LogP contribution >= 0.6 is 11.3 Å². The maximum absolute atomic E-state index is 6.54. The van der Waals surface area contributed by atoms with Gasteiger partial charge in [-0.2, -0.15) is 0 Å². The summed E-state index contributed by atoms with van der Waals surface area (Å²) in [6.07, 6.45) is 0. The van der Waals surface area contributed by atoms with Crippen LogP contribution in [0.5, 0.6) is 0 Å². The van der Waals surface area contributed by atoms with Crippen LogP contribution in [0.25, 0.3) is 97.4 Å². The first-order chi connectivity index (χ1) is 33.5. The molecule has 0 amide bonds. The Morgan fingerprint density at radius 3 is 1.72 bits per heavy atom. The Morgan fingerprint density at radius 2 is 0.957 bits per heavy atom. The summed E-state index contributed by atoms with van der Waals surface area (Å²) >= 11 is 1.86. The van der Waals surface area contributed by atoms with E-state index in [1.54, 1.807) is 0 Å². The highest BCUT2D eigenvalue weighted by Crippen LogP contribution is 2.48. The molecule has 69 heavy (non-hydrogen) atoms. The quantitative estimate of drug-likeness (QED) is 0.158. The third-order valence-electron chi connectivity index (χ3n) is 14.0. The molecule has 2 heterocycles. The molecule has 3 heteroatoms. The number of para-hydroxylation sites is 3. The average molecular weight is 908 g/mol. The van der Waals surface area contributed by atoms with Gasteiger partial charge in [-0.3, -0.25) is 0 Å². The molecule has 0 saturated carbocycles. The molecular weight excluding hydrogens is 855 g/mol. The Kier molecular flexibility index (Phi) is 10.2. The molecule has 0 saturated heterocycles. The Labute approximate surface area is 408 Å². The minimum atomic E-state index is -0.0127. The summed E-state index contributed by atoms with van der Waals surface area (Å²) in [5, 5.41) is 7.32. The van der Waals surface area contributed by atoms with Crippen molar-refractivity contribution in [3.63, 3.8) is 0 Å². The number of benzene rings is 10. The van der Waals surface area contributed by atoms with Gasteiger partial charge in [-0.15, -0.1) is 11.3 Å². The van der Waals surface area contributed by atoms with Crippen LogP contribution < -0.4 is 4.90 Å². The predicted molar refractivity (Wildman–Crippen MR) is 298 cm³/mol. The van der Waals surface area contributed by atoms with Crippen molar-refractivity contribution in [3.8, 4) is 44.5 Å². The third-order valence-corrected chi connectivity index (χ3v) is 15.1. The van der Waals surface area contributed by atoms with E-state index in [-0.39, 0.29) is 10.8 Å². The van der Waals surface area contributed by atoms with Gasteiger partial charge in [-0.05, 0) is 115 Å². The average Bonchev–Trinajstić information content (AvgIpc) is 3.95. The first-order valence-electron chi connectivity index (χ1n) is 24.1. The zero-order valence-corrected chi connectivity index (χ0v) is 40.8. The van der Waals surface area contributed by atoms with E-state index >= 15 is 0 Å². The zero-order valence-electron chi connectivity index (χ0n) is 40.0. The van der Waals surface area contributed by atoms with E-state index in [1.807, 2.05) is 17.4 Å². The van der Waals surface area contributed by atoms with E-state index < -0.39 is 0 Å². The van der Waals surface area contributed by atoms with Crippen LogP contribution in [0.4, 0.5) is 17.1 Å². The molecule has 2 nitrogen and oxygen atoms in total. The molecule has 0 aliphatic carbocycles. The second kappa shape index (κ2) is 16.5. The SMILES string of the molecule is CC(C)(C)c1cc(-c2cccc3cccc(-c4ccccc4N(c4ccc(-c5cccc6c5oc5ccccc56)cc4)c4cccc(-c5cccc6sc7ccccc7c56)c4)c23)cc(C(C)(C)C)c1. The number of thiophene rings is 1.